The van der Waals surface area contributed by atoms with Gasteiger partial charge in [0.1, 0.15) is 6.61 Å². The Morgan fingerprint density at radius 1 is 1.38 bits per heavy atom. The molecule has 0 radical (unpaired) electrons. The summed E-state index contributed by atoms with van der Waals surface area (Å²) < 4.78 is 15.5. The third-order valence-corrected chi connectivity index (χ3v) is 4.64. The highest BCUT2D eigenvalue weighted by Crippen LogP contribution is 2.25. The summed E-state index contributed by atoms with van der Waals surface area (Å²) in [5.74, 6) is -1.88. The molecule has 1 aromatic carbocycles. The second-order valence-corrected chi connectivity index (χ2v) is 6.95. The summed E-state index contributed by atoms with van der Waals surface area (Å²) in [6.07, 6.45) is -1.31. The number of esters is 1. The van der Waals surface area contributed by atoms with Crippen molar-refractivity contribution in [2.45, 2.75) is 19.1 Å². The molecule has 12 heteroatoms. The number of cyclic esters (lactones) is 1. The van der Waals surface area contributed by atoms with Crippen molar-refractivity contribution in [3.05, 3.63) is 47.3 Å². The van der Waals surface area contributed by atoms with E-state index in [9.17, 15) is 19.5 Å². The zero-order valence-corrected chi connectivity index (χ0v) is 17.2. The molecule has 2 aromatic rings. The molecule has 32 heavy (non-hydrogen) atoms. The molecule has 1 unspecified atom stereocenters. The van der Waals surface area contributed by atoms with Gasteiger partial charge in [0.15, 0.2) is 23.5 Å². The summed E-state index contributed by atoms with van der Waals surface area (Å²) in [7, 11) is 1.23. The number of guanidine groups is 1. The smallest absolute Gasteiger partial charge is 0.414 e. The molecule has 0 spiro atoms. The van der Waals surface area contributed by atoms with E-state index < -0.39 is 24.1 Å². The highest BCUT2D eigenvalue weighted by atomic mass is 16.6. The van der Waals surface area contributed by atoms with Crippen LogP contribution in [0.3, 0.4) is 0 Å². The number of hydrogen-bond acceptors (Lipinski definition) is 7. The Morgan fingerprint density at radius 2 is 2.09 bits per heavy atom. The van der Waals surface area contributed by atoms with Crippen LogP contribution in [0.25, 0.3) is 0 Å². The van der Waals surface area contributed by atoms with E-state index in [2.05, 4.69) is 15.0 Å². The Labute approximate surface area is 182 Å². The lowest BCUT2D eigenvalue weighted by atomic mass is 10.2. The summed E-state index contributed by atoms with van der Waals surface area (Å²) in [6, 6.07) is 8.49. The number of methoxy groups -OCH3 is 1. The van der Waals surface area contributed by atoms with Crippen LogP contribution < -0.4 is 20.7 Å². The number of nitrogens with one attached hydrogen (secondary N) is 3. The predicted molar refractivity (Wildman–Crippen MR) is 112 cm³/mol. The van der Waals surface area contributed by atoms with Crippen LogP contribution in [0, 0.1) is 5.41 Å². The largest absolute Gasteiger partial charge is 0.487 e. The third kappa shape index (κ3) is 5.47. The van der Waals surface area contributed by atoms with Gasteiger partial charge >= 0.3 is 18.0 Å². The van der Waals surface area contributed by atoms with E-state index >= 15 is 0 Å². The predicted octanol–water partition coefficient (Wildman–Crippen LogP) is 0.816. The summed E-state index contributed by atoms with van der Waals surface area (Å²) in [6.45, 7) is 0.529. The Kier molecular flexibility index (Phi) is 6.83. The molecule has 1 aromatic heterocycles. The van der Waals surface area contributed by atoms with E-state index in [0.717, 1.165) is 5.56 Å². The van der Waals surface area contributed by atoms with E-state index in [0.29, 0.717) is 17.9 Å². The van der Waals surface area contributed by atoms with Gasteiger partial charge in [-0.3, -0.25) is 15.1 Å². The van der Waals surface area contributed by atoms with Crippen LogP contribution in [0.5, 0.6) is 5.75 Å². The minimum atomic E-state index is -1.25. The van der Waals surface area contributed by atoms with Gasteiger partial charge in [0, 0.05) is 24.0 Å². The molecule has 1 atom stereocenters. The van der Waals surface area contributed by atoms with Gasteiger partial charge in [-0.2, -0.15) is 0 Å². The van der Waals surface area contributed by atoms with Crippen LogP contribution in [-0.2, 0) is 27.2 Å². The van der Waals surface area contributed by atoms with Gasteiger partial charge in [-0.25, -0.2) is 9.59 Å². The minimum absolute atomic E-state index is 0.0354. The van der Waals surface area contributed by atoms with Crippen LogP contribution in [0.15, 0.2) is 30.3 Å². The first-order valence-electron chi connectivity index (χ1n) is 9.56. The fourth-order valence-corrected chi connectivity index (χ4v) is 3.08. The maximum absolute atomic E-state index is 12.3. The first-order valence-corrected chi connectivity index (χ1v) is 9.56. The number of aromatic nitrogens is 1. The number of H-pyrrole nitrogens is 1. The highest BCUT2D eigenvalue weighted by Gasteiger charge is 2.33. The van der Waals surface area contributed by atoms with Crippen molar-refractivity contribution in [1.29, 1.82) is 5.41 Å². The van der Waals surface area contributed by atoms with Gasteiger partial charge in [-0.1, -0.05) is 12.1 Å². The number of nitrogens with two attached hydrogens (primary N) is 1. The summed E-state index contributed by atoms with van der Waals surface area (Å²) in [5, 5.41) is 19.2. The summed E-state index contributed by atoms with van der Waals surface area (Å²) in [5.41, 5.74) is 6.89. The number of rotatable bonds is 9. The maximum atomic E-state index is 12.3. The van der Waals surface area contributed by atoms with E-state index in [1.807, 2.05) is 0 Å². The van der Waals surface area contributed by atoms with Gasteiger partial charge in [-0.05, 0) is 17.7 Å². The topological polar surface area (TPSA) is 180 Å². The zero-order chi connectivity index (χ0) is 23.3. The number of carboxylic acid groups (broad SMARTS) is 1. The lowest BCUT2D eigenvalue weighted by Crippen LogP contribution is -2.29. The van der Waals surface area contributed by atoms with Crippen LogP contribution in [0.2, 0.25) is 0 Å². The number of benzene rings is 1. The van der Waals surface area contributed by atoms with Crippen LogP contribution in [-0.4, -0.2) is 60.4 Å². The number of aromatic carboxylic acids is 1. The Morgan fingerprint density at radius 3 is 2.72 bits per heavy atom. The molecule has 0 bridgehead atoms. The van der Waals surface area contributed by atoms with Crippen molar-refractivity contribution in [2.75, 3.05) is 25.2 Å². The van der Waals surface area contributed by atoms with Crippen molar-refractivity contribution in [1.82, 2.24) is 10.3 Å². The standard InChI is InChI=1S/C20H23N5O7/c1-30-16(26)7-12-6-15(17(24-12)18(27)28)31-10-14-9-25(20(29)32-14)13-4-2-11(3-5-13)8-23-19(21)22/h2-6,14,24H,7-10H2,1H3,(H,27,28)(H4,21,22,23). The number of carbonyl (C=O) groups is 3. The minimum Gasteiger partial charge on any atom is -0.487 e. The molecular weight excluding hydrogens is 422 g/mol. The molecule has 2 heterocycles. The van der Waals surface area contributed by atoms with Crippen LogP contribution in [0.1, 0.15) is 21.7 Å². The van der Waals surface area contributed by atoms with Crippen molar-refractivity contribution < 1.29 is 33.7 Å². The molecule has 1 fully saturated rings. The molecule has 0 saturated carbocycles. The number of aromatic amines is 1. The normalized spacial score (nSPS) is 15.2. The Bertz CT molecular complexity index is 1020. The van der Waals surface area contributed by atoms with Gasteiger partial charge in [0.2, 0.25) is 0 Å². The molecular formula is C20H23N5O7. The molecule has 1 aliphatic rings. The quantitative estimate of drug-likeness (QED) is 0.212. The fraction of sp³-hybridized carbons (Fsp3) is 0.300. The molecule has 6 N–H and O–H groups in total. The molecule has 1 saturated heterocycles. The maximum Gasteiger partial charge on any atom is 0.414 e. The first-order chi connectivity index (χ1) is 15.3. The van der Waals surface area contributed by atoms with E-state index in [-0.39, 0.29) is 37.0 Å². The van der Waals surface area contributed by atoms with Gasteiger partial charge < -0.3 is 35.4 Å². The molecule has 1 amide bonds. The number of anilines is 1. The second-order valence-electron chi connectivity index (χ2n) is 6.95. The van der Waals surface area contributed by atoms with Crippen LogP contribution in [0.4, 0.5) is 10.5 Å². The number of ether oxygens (including phenoxy) is 3. The highest BCUT2D eigenvalue weighted by molar-refractivity contribution is 5.90. The van der Waals surface area contributed by atoms with Crippen LogP contribution >= 0.6 is 0 Å². The average molecular weight is 445 g/mol. The van der Waals surface area contributed by atoms with Gasteiger partial charge in [0.25, 0.3) is 0 Å². The molecule has 0 aliphatic carbocycles. The fourth-order valence-electron chi connectivity index (χ4n) is 3.08. The second kappa shape index (κ2) is 9.73. The average Bonchev–Trinajstić information content (AvgIpc) is 3.34. The Balaban J connectivity index is 1.61. The number of carbonyl (C=O) groups excluding carboxylic acids is 2. The van der Waals surface area contributed by atoms with E-state index in [4.69, 9.17) is 20.6 Å². The van der Waals surface area contributed by atoms with Crippen molar-refractivity contribution in [3.8, 4) is 5.75 Å². The molecule has 170 valence electrons. The number of carboxylic acids is 1. The van der Waals surface area contributed by atoms with Crippen molar-refractivity contribution >= 4 is 29.7 Å². The van der Waals surface area contributed by atoms with Crippen molar-refractivity contribution in [3.63, 3.8) is 0 Å². The monoisotopic (exact) mass is 445 g/mol. The van der Waals surface area contributed by atoms with Gasteiger partial charge in [-0.15, -0.1) is 0 Å². The zero-order valence-electron chi connectivity index (χ0n) is 17.2. The Hall–Kier alpha value is -4.22. The number of amides is 1. The lowest BCUT2D eigenvalue weighted by Gasteiger charge is -2.14. The number of nitrogens with zero attached hydrogens (tertiary/aromatic N) is 1. The third-order valence-electron chi connectivity index (χ3n) is 4.64. The van der Waals surface area contributed by atoms with E-state index in [1.54, 1.807) is 24.3 Å². The number of hydrogen-bond donors (Lipinski definition) is 5. The van der Waals surface area contributed by atoms with Crippen molar-refractivity contribution in [2.24, 2.45) is 5.73 Å². The molecule has 12 nitrogen and oxygen atoms in total. The first kappa shape index (κ1) is 22.5. The summed E-state index contributed by atoms with van der Waals surface area (Å²) >= 11 is 0. The lowest BCUT2D eigenvalue weighted by molar-refractivity contribution is -0.139. The SMILES string of the molecule is COC(=O)Cc1cc(OCC2CN(c3ccc(CNC(=N)N)cc3)C(=O)O2)c(C(=O)O)[nH]1. The summed E-state index contributed by atoms with van der Waals surface area (Å²) in [4.78, 5) is 39.2. The van der Waals surface area contributed by atoms with Gasteiger partial charge in [0.05, 0.1) is 20.1 Å². The van der Waals surface area contributed by atoms with E-state index in [1.165, 1.54) is 18.1 Å². The molecule has 3 rings (SSSR count). The molecule has 1 aliphatic heterocycles.